The number of nitrogens with one attached hydrogen (secondary N) is 1. The van der Waals surface area contributed by atoms with Crippen LogP contribution in [0.3, 0.4) is 0 Å². The van der Waals surface area contributed by atoms with E-state index in [0.29, 0.717) is 5.92 Å². The highest BCUT2D eigenvalue weighted by atomic mass is 16.2. The van der Waals surface area contributed by atoms with E-state index in [1.54, 1.807) is 0 Å². The molecule has 4 nitrogen and oxygen atoms in total. The fraction of sp³-hybridized carbons (Fsp3) is 0.458. The Morgan fingerprint density at radius 3 is 2.14 bits per heavy atom. The molecule has 3 rings (SSSR count). The molecule has 1 heterocycles. The lowest BCUT2D eigenvalue weighted by atomic mass is 9.90. The first-order valence-corrected chi connectivity index (χ1v) is 10.4. The van der Waals surface area contributed by atoms with Gasteiger partial charge in [-0.1, -0.05) is 60.7 Å². The minimum absolute atomic E-state index is 0.0842. The summed E-state index contributed by atoms with van der Waals surface area (Å²) in [6.45, 7) is 2.54. The van der Waals surface area contributed by atoms with Gasteiger partial charge in [-0.2, -0.15) is 0 Å². The molecule has 28 heavy (non-hydrogen) atoms. The van der Waals surface area contributed by atoms with Gasteiger partial charge in [-0.3, -0.25) is 0 Å². The maximum atomic E-state index is 12.8. The smallest absolute Gasteiger partial charge is 0.317 e. The molecule has 0 bridgehead atoms. The average Bonchev–Trinajstić information content (AvgIpc) is 2.69. The van der Waals surface area contributed by atoms with Crippen molar-refractivity contribution in [3.8, 4) is 0 Å². The predicted octanol–water partition coefficient (Wildman–Crippen LogP) is 3.82. The number of likely N-dealkylation sites (N-methyl/N-ethyl adjacent to an activating group) is 1. The van der Waals surface area contributed by atoms with E-state index in [4.69, 9.17) is 0 Å². The molecule has 1 fully saturated rings. The number of benzene rings is 2. The number of piperidine rings is 1. The molecule has 0 spiro atoms. The molecule has 0 aliphatic carbocycles. The fourth-order valence-electron chi connectivity index (χ4n) is 4.05. The normalized spacial score (nSPS) is 16.2. The molecule has 1 saturated heterocycles. The summed E-state index contributed by atoms with van der Waals surface area (Å²) in [7, 11) is 4.11. The molecule has 2 aromatic carbocycles. The lowest BCUT2D eigenvalue weighted by molar-refractivity contribution is 0.164. The molecule has 0 aromatic heterocycles. The van der Waals surface area contributed by atoms with E-state index in [-0.39, 0.29) is 12.1 Å². The van der Waals surface area contributed by atoms with Crippen LogP contribution in [0.4, 0.5) is 4.79 Å². The minimum Gasteiger partial charge on any atom is -0.334 e. The van der Waals surface area contributed by atoms with E-state index in [9.17, 15) is 4.79 Å². The summed E-state index contributed by atoms with van der Waals surface area (Å²) in [5, 5.41) is 3.28. The molecule has 4 heteroatoms. The molecular weight excluding hydrogens is 346 g/mol. The van der Waals surface area contributed by atoms with Gasteiger partial charge in [0, 0.05) is 25.7 Å². The van der Waals surface area contributed by atoms with Crippen molar-refractivity contribution < 1.29 is 4.79 Å². The van der Waals surface area contributed by atoms with Crippen LogP contribution < -0.4 is 5.32 Å². The average molecular weight is 380 g/mol. The molecule has 1 atom stereocenters. The second kappa shape index (κ2) is 10.3. The summed E-state index contributed by atoms with van der Waals surface area (Å²) in [5.74, 6) is 0.674. The van der Waals surface area contributed by atoms with Crippen LogP contribution in [0.2, 0.25) is 0 Å². The van der Waals surface area contributed by atoms with Gasteiger partial charge < -0.3 is 15.1 Å². The molecular formula is C24H33N3O. The third-order valence-corrected chi connectivity index (χ3v) is 5.51. The lowest BCUT2D eigenvalue weighted by Gasteiger charge is -2.34. The SMILES string of the molecule is CN(C)CC(Cc1ccccc1)NC(=O)N1CCC(Cc2ccccc2)CC1. The van der Waals surface area contributed by atoms with Gasteiger partial charge in [0.15, 0.2) is 0 Å². The lowest BCUT2D eigenvalue weighted by Crippen LogP contribution is -2.51. The first-order chi connectivity index (χ1) is 13.6. The van der Waals surface area contributed by atoms with Crippen LogP contribution >= 0.6 is 0 Å². The van der Waals surface area contributed by atoms with Gasteiger partial charge in [-0.25, -0.2) is 4.79 Å². The topological polar surface area (TPSA) is 35.6 Å². The minimum atomic E-state index is 0.0842. The predicted molar refractivity (Wildman–Crippen MR) is 115 cm³/mol. The number of rotatable bonds is 7. The van der Waals surface area contributed by atoms with Gasteiger partial charge in [0.1, 0.15) is 0 Å². The van der Waals surface area contributed by atoms with E-state index >= 15 is 0 Å². The van der Waals surface area contributed by atoms with Crippen molar-refractivity contribution in [1.82, 2.24) is 15.1 Å². The van der Waals surface area contributed by atoms with Gasteiger partial charge in [-0.05, 0) is 56.8 Å². The molecule has 1 unspecified atom stereocenters. The highest BCUT2D eigenvalue weighted by Crippen LogP contribution is 2.21. The van der Waals surface area contributed by atoms with Gasteiger partial charge in [0.25, 0.3) is 0 Å². The molecule has 0 saturated carbocycles. The van der Waals surface area contributed by atoms with Crippen LogP contribution in [0, 0.1) is 5.92 Å². The highest BCUT2D eigenvalue weighted by Gasteiger charge is 2.24. The van der Waals surface area contributed by atoms with Gasteiger partial charge >= 0.3 is 6.03 Å². The fourth-order valence-corrected chi connectivity index (χ4v) is 4.05. The molecule has 1 aliphatic heterocycles. The first-order valence-electron chi connectivity index (χ1n) is 10.4. The summed E-state index contributed by atoms with van der Waals surface area (Å²) < 4.78 is 0. The van der Waals surface area contributed by atoms with Crippen LogP contribution in [0.5, 0.6) is 0 Å². The quantitative estimate of drug-likeness (QED) is 0.794. The maximum Gasteiger partial charge on any atom is 0.317 e. The first kappa shape index (κ1) is 20.4. The van der Waals surface area contributed by atoms with Crippen LogP contribution in [0.1, 0.15) is 24.0 Å². The van der Waals surface area contributed by atoms with Crippen molar-refractivity contribution in [2.24, 2.45) is 5.92 Å². The molecule has 1 aliphatic rings. The van der Waals surface area contributed by atoms with Crippen molar-refractivity contribution in [2.45, 2.75) is 31.7 Å². The Balaban J connectivity index is 1.50. The summed E-state index contributed by atoms with van der Waals surface area (Å²) in [6, 6.07) is 21.3. The van der Waals surface area contributed by atoms with Crippen molar-refractivity contribution in [3.05, 3.63) is 71.8 Å². The Labute approximate surface area is 169 Å². The standard InChI is InChI=1S/C24H33N3O/c1-26(2)19-23(18-21-11-7-4-8-12-21)25-24(28)27-15-13-22(14-16-27)17-20-9-5-3-6-10-20/h3-12,22-23H,13-19H2,1-2H3,(H,25,28). The van der Waals surface area contributed by atoms with Gasteiger partial charge in [0.2, 0.25) is 0 Å². The van der Waals surface area contributed by atoms with Gasteiger partial charge in [-0.15, -0.1) is 0 Å². The summed E-state index contributed by atoms with van der Waals surface area (Å²) >= 11 is 0. The maximum absolute atomic E-state index is 12.8. The zero-order chi connectivity index (χ0) is 19.8. The Morgan fingerprint density at radius 2 is 1.57 bits per heavy atom. The third kappa shape index (κ3) is 6.38. The largest absolute Gasteiger partial charge is 0.334 e. The number of carbonyl (C=O) groups excluding carboxylic acids is 1. The number of carbonyl (C=O) groups is 1. The monoisotopic (exact) mass is 379 g/mol. The summed E-state index contributed by atoms with van der Waals surface area (Å²) in [6.07, 6.45) is 4.14. The van der Waals surface area contributed by atoms with E-state index in [1.807, 2.05) is 11.0 Å². The molecule has 2 amide bonds. The second-order valence-corrected chi connectivity index (χ2v) is 8.22. The number of amides is 2. The van der Waals surface area contributed by atoms with E-state index < -0.39 is 0 Å². The van der Waals surface area contributed by atoms with Crippen molar-refractivity contribution in [1.29, 1.82) is 0 Å². The van der Waals surface area contributed by atoms with Crippen LogP contribution in [0.25, 0.3) is 0 Å². The Hall–Kier alpha value is -2.33. The highest BCUT2D eigenvalue weighted by molar-refractivity contribution is 5.74. The number of nitrogens with zero attached hydrogens (tertiary/aromatic N) is 2. The van der Waals surface area contributed by atoms with Gasteiger partial charge in [0.05, 0.1) is 0 Å². The molecule has 2 aromatic rings. The number of hydrogen-bond acceptors (Lipinski definition) is 2. The van der Waals surface area contributed by atoms with Crippen molar-refractivity contribution >= 4 is 6.03 Å². The molecule has 1 N–H and O–H groups in total. The van der Waals surface area contributed by atoms with Crippen molar-refractivity contribution in [2.75, 3.05) is 33.7 Å². The number of hydrogen-bond donors (Lipinski definition) is 1. The number of urea groups is 1. The van der Waals surface area contributed by atoms with E-state index in [0.717, 1.165) is 45.3 Å². The summed E-state index contributed by atoms with van der Waals surface area (Å²) in [5.41, 5.74) is 2.66. The Bertz CT molecular complexity index is 709. The Morgan fingerprint density at radius 1 is 1.00 bits per heavy atom. The molecule has 150 valence electrons. The van der Waals surface area contributed by atoms with Crippen LogP contribution in [0.15, 0.2) is 60.7 Å². The second-order valence-electron chi connectivity index (χ2n) is 8.22. The van der Waals surface area contributed by atoms with Crippen LogP contribution in [-0.2, 0) is 12.8 Å². The zero-order valence-electron chi connectivity index (χ0n) is 17.2. The van der Waals surface area contributed by atoms with E-state index in [1.165, 1.54) is 11.1 Å². The summed E-state index contributed by atoms with van der Waals surface area (Å²) in [4.78, 5) is 17.0. The van der Waals surface area contributed by atoms with Crippen LogP contribution in [-0.4, -0.2) is 55.6 Å². The number of likely N-dealkylation sites (tertiary alicyclic amines) is 1. The zero-order valence-corrected chi connectivity index (χ0v) is 17.2. The third-order valence-electron chi connectivity index (χ3n) is 5.51. The molecule has 0 radical (unpaired) electrons. The van der Waals surface area contributed by atoms with E-state index in [2.05, 4.69) is 78.9 Å². The van der Waals surface area contributed by atoms with Crippen molar-refractivity contribution in [3.63, 3.8) is 0 Å². The Kier molecular flexibility index (Phi) is 7.49.